The van der Waals surface area contributed by atoms with Crippen LogP contribution in [0.2, 0.25) is 13.1 Å². The zero-order chi connectivity index (χ0) is 13.8. The van der Waals surface area contributed by atoms with E-state index in [1.54, 1.807) is 10.9 Å². The van der Waals surface area contributed by atoms with Crippen molar-refractivity contribution < 1.29 is 5.85 Å². The van der Waals surface area contributed by atoms with Crippen LogP contribution in [0.3, 0.4) is 0 Å². The standard InChI is InChI=1S/C14H18N3OSi/c1-11-6-5-7-13(18-19(3)4)14(11)15-8-12-9-16-17(2)10-12/h5-10H,1-4H3/p+1. The van der Waals surface area contributed by atoms with Crippen LogP contribution in [0.25, 0.3) is 0 Å². The minimum absolute atomic E-state index is 0. The number of aliphatic imine (C=N–C) groups is 1. The molecule has 2 rings (SSSR count). The smallest absolute Gasteiger partial charge is 0.541 e. The molecule has 1 aromatic heterocycles. The maximum absolute atomic E-state index is 5.89. The molecule has 0 amide bonds. The van der Waals surface area contributed by atoms with Gasteiger partial charge in [-0.3, -0.25) is 9.67 Å². The zero-order valence-corrected chi connectivity index (χ0v) is 12.7. The summed E-state index contributed by atoms with van der Waals surface area (Å²) in [6.45, 7) is 6.27. The zero-order valence-electron chi connectivity index (χ0n) is 12.7. The van der Waals surface area contributed by atoms with Crippen molar-refractivity contribution in [3.05, 3.63) is 41.7 Å². The molecule has 0 spiro atoms. The molecule has 1 radical (unpaired) electrons. The summed E-state index contributed by atoms with van der Waals surface area (Å²) >= 11 is 0. The third-order valence-corrected chi connectivity index (χ3v) is 3.21. The minimum Gasteiger partial charge on any atom is -0.541 e. The summed E-state index contributed by atoms with van der Waals surface area (Å²) in [7, 11) is 1.10. The van der Waals surface area contributed by atoms with Crippen molar-refractivity contribution in [1.29, 1.82) is 0 Å². The van der Waals surface area contributed by atoms with Gasteiger partial charge in [0.2, 0.25) is 0 Å². The van der Waals surface area contributed by atoms with Gasteiger partial charge in [-0.1, -0.05) is 12.1 Å². The van der Waals surface area contributed by atoms with E-state index in [-0.39, 0.29) is 1.43 Å². The lowest BCUT2D eigenvalue weighted by atomic mass is 10.2. The molecule has 1 aromatic carbocycles. The number of hydrogen-bond donors (Lipinski definition) is 0. The fourth-order valence-corrected chi connectivity index (χ4v) is 2.35. The van der Waals surface area contributed by atoms with E-state index in [4.69, 9.17) is 4.43 Å². The van der Waals surface area contributed by atoms with Crippen molar-refractivity contribution in [2.45, 2.75) is 20.0 Å². The van der Waals surface area contributed by atoms with Crippen LogP contribution in [-0.4, -0.2) is 25.0 Å². The molecule has 0 unspecified atom stereocenters. The molecule has 0 fully saturated rings. The van der Waals surface area contributed by atoms with E-state index >= 15 is 0 Å². The Morgan fingerprint density at radius 3 is 2.84 bits per heavy atom. The van der Waals surface area contributed by atoms with Crippen molar-refractivity contribution in [2.24, 2.45) is 12.0 Å². The number of nitrogens with zero attached hydrogens (tertiary/aromatic N) is 3. The Labute approximate surface area is 117 Å². The van der Waals surface area contributed by atoms with Gasteiger partial charge in [0, 0.05) is 25.0 Å². The molecule has 4 nitrogen and oxygen atoms in total. The van der Waals surface area contributed by atoms with Crippen LogP contribution >= 0.6 is 0 Å². The lowest BCUT2D eigenvalue weighted by molar-refractivity contribution is 0.581. The molecule has 0 bridgehead atoms. The predicted octanol–water partition coefficient (Wildman–Crippen LogP) is 3.22. The van der Waals surface area contributed by atoms with Gasteiger partial charge in [-0.15, -0.1) is 0 Å². The van der Waals surface area contributed by atoms with Crippen LogP contribution < -0.4 is 4.43 Å². The van der Waals surface area contributed by atoms with Gasteiger partial charge in [0.05, 0.1) is 6.20 Å². The van der Waals surface area contributed by atoms with E-state index in [1.165, 1.54) is 0 Å². The van der Waals surface area contributed by atoms with Gasteiger partial charge in [0.15, 0.2) is 0 Å². The summed E-state index contributed by atoms with van der Waals surface area (Å²) in [6, 6.07) is 6.01. The Morgan fingerprint density at radius 1 is 1.42 bits per heavy atom. The van der Waals surface area contributed by atoms with Gasteiger partial charge >= 0.3 is 1.43 Å². The molecule has 99 valence electrons. The van der Waals surface area contributed by atoms with Gasteiger partial charge in [0.1, 0.15) is 11.4 Å². The van der Waals surface area contributed by atoms with E-state index < -0.39 is 9.04 Å². The average Bonchev–Trinajstić information content (AvgIpc) is 2.73. The second-order valence-corrected chi connectivity index (χ2v) is 6.66. The molecule has 0 saturated heterocycles. The molecule has 0 atom stereocenters. The number of rotatable bonds is 4. The highest BCUT2D eigenvalue weighted by atomic mass is 28.3. The SMILES string of the molecule is Cc1cccc(O[Si](C)C)c1N=Cc1cnn(C)c1.[H+]. The molecule has 0 aliphatic heterocycles. The number of para-hydroxylation sites is 1. The Hall–Kier alpha value is -1.88. The summed E-state index contributed by atoms with van der Waals surface area (Å²) in [5.74, 6) is 0.860. The first-order valence-electron chi connectivity index (χ1n) is 6.16. The predicted molar refractivity (Wildman–Crippen MR) is 80.9 cm³/mol. The lowest BCUT2D eigenvalue weighted by Crippen LogP contribution is -2.11. The summed E-state index contributed by atoms with van der Waals surface area (Å²) < 4.78 is 7.65. The molecule has 2 aromatic rings. The fraction of sp³-hybridized carbons (Fsp3) is 0.286. The van der Waals surface area contributed by atoms with E-state index in [2.05, 4.69) is 23.2 Å². The molecule has 5 heteroatoms. The monoisotopic (exact) mass is 273 g/mol. The van der Waals surface area contributed by atoms with E-state index in [0.717, 1.165) is 22.6 Å². The Balaban J connectivity index is 0.00000200. The lowest BCUT2D eigenvalue weighted by Gasteiger charge is -2.12. The average molecular weight is 273 g/mol. The molecule has 0 N–H and O–H groups in total. The summed E-state index contributed by atoms with van der Waals surface area (Å²) in [5.41, 5.74) is 2.99. The normalized spacial score (nSPS) is 11.4. The minimum atomic E-state index is -0.794. The number of aromatic nitrogens is 2. The number of aryl methyl sites for hydroxylation is 2. The van der Waals surface area contributed by atoms with Gasteiger partial charge in [-0.25, -0.2) is 0 Å². The van der Waals surface area contributed by atoms with Crippen LogP contribution in [0.15, 0.2) is 35.6 Å². The summed E-state index contributed by atoms with van der Waals surface area (Å²) in [4.78, 5) is 4.56. The largest absolute Gasteiger partial charge is 1.00 e. The van der Waals surface area contributed by atoms with Crippen molar-refractivity contribution in [2.75, 3.05) is 0 Å². The maximum Gasteiger partial charge on any atom is 1.00 e. The van der Waals surface area contributed by atoms with Crippen molar-refractivity contribution in [1.82, 2.24) is 9.78 Å². The van der Waals surface area contributed by atoms with Crippen molar-refractivity contribution in [3.8, 4) is 5.75 Å². The molecule has 19 heavy (non-hydrogen) atoms. The Bertz CT molecular complexity index is 596. The van der Waals surface area contributed by atoms with Crippen molar-refractivity contribution in [3.63, 3.8) is 0 Å². The maximum atomic E-state index is 5.89. The third-order valence-electron chi connectivity index (χ3n) is 2.58. The molecule has 0 aliphatic rings. The highest BCUT2D eigenvalue weighted by Gasteiger charge is 2.08. The van der Waals surface area contributed by atoms with E-state index in [1.807, 2.05) is 44.6 Å². The molecular weight excluding hydrogens is 254 g/mol. The van der Waals surface area contributed by atoms with Gasteiger partial charge < -0.3 is 4.43 Å². The van der Waals surface area contributed by atoms with Gasteiger partial charge in [0.25, 0.3) is 9.04 Å². The quantitative estimate of drug-likeness (QED) is 0.634. The molecule has 1 heterocycles. The Kier molecular flexibility index (Phi) is 4.16. The van der Waals surface area contributed by atoms with Gasteiger partial charge in [-0.05, 0) is 31.6 Å². The highest BCUT2D eigenvalue weighted by Crippen LogP contribution is 2.31. The molecule has 0 saturated carbocycles. The first-order chi connectivity index (χ1) is 9.06. The second kappa shape index (κ2) is 5.84. The second-order valence-electron chi connectivity index (χ2n) is 4.64. The summed E-state index contributed by atoms with van der Waals surface area (Å²) in [5, 5.41) is 4.12. The highest BCUT2D eigenvalue weighted by molar-refractivity contribution is 6.49. The van der Waals surface area contributed by atoms with Crippen LogP contribution in [0.1, 0.15) is 12.6 Å². The van der Waals surface area contributed by atoms with Crippen LogP contribution in [0.5, 0.6) is 5.75 Å². The van der Waals surface area contributed by atoms with Gasteiger partial charge in [-0.2, -0.15) is 5.10 Å². The number of benzene rings is 1. The molecule has 0 aliphatic carbocycles. The Morgan fingerprint density at radius 2 is 2.21 bits per heavy atom. The van der Waals surface area contributed by atoms with E-state index in [9.17, 15) is 0 Å². The van der Waals surface area contributed by atoms with E-state index in [0.29, 0.717) is 0 Å². The third kappa shape index (κ3) is 3.54. The first kappa shape index (κ1) is 13.5. The molecular formula is C14H19N3OSi+. The van der Waals surface area contributed by atoms with Crippen LogP contribution in [0.4, 0.5) is 5.69 Å². The fourth-order valence-electron chi connectivity index (χ4n) is 1.75. The van der Waals surface area contributed by atoms with Crippen LogP contribution in [0, 0.1) is 6.92 Å². The van der Waals surface area contributed by atoms with Crippen molar-refractivity contribution >= 4 is 20.9 Å². The number of hydrogen-bond acceptors (Lipinski definition) is 3. The first-order valence-corrected chi connectivity index (χ1v) is 8.57. The van der Waals surface area contributed by atoms with Crippen LogP contribution in [-0.2, 0) is 7.05 Å². The summed E-state index contributed by atoms with van der Waals surface area (Å²) in [6.07, 6.45) is 5.54. The topological polar surface area (TPSA) is 39.4 Å².